The number of rotatable bonds is 1. The minimum Gasteiger partial charge on any atom is -0.206 e. The molecule has 7 heteroatoms. The van der Waals surface area contributed by atoms with Gasteiger partial charge in [0.25, 0.3) is 0 Å². The summed E-state index contributed by atoms with van der Waals surface area (Å²) >= 11 is 0. The lowest BCUT2D eigenvalue weighted by Gasteiger charge is -2.32. The fourth-order valence-corrected chi connectivity index (χ4v) is 2.82. The predicted octanol–water partition coefficient (Wildman–Crippen LogP) is 6.18. The second kappa shape index (κ2) is 5.34. The Morgan fingerprint density at radius 1 is 0.760 bits per heavy atom. The SMILES string of the molecule is CC1=CC=C(c2ccc3cc(C)c(F)c(F)c3c2F)C(F)(F)C1(F)F. The second-order valence-electron chi connectivity index (χ2n) is 5.93. The van der Waals surface area contributed by atoms with Gasteiger partial charge in [-0.05, 0) is 30.9 Å². The van der Waals surface area contributed by atoms with Crippen molar-refractivity contribution in [2.75, 3.05) is 0 Å². The maximum Gasteiger partial charge on any atom is 0.340 e. The average Bonchev–Trinajstić information content (AvgIpc) is 2.52. The van der Waals surface area contributed by atoms with E-state index in [1.54, 1.807) is 0 Å². The van der Waals surface area contributed by atoms with Crippen LogP contribution in [0.25, 0.3) is 16.3 Å². The Hall–Kier alpha value is -2.31. The molecule has 2 aromatic carbocycles. The number of hydrogen-bond donors (Lipinski definition) is 0. The van der Waals surface area contributed by atoms with Crippen LogP contribution in [0.2, 0.25) is 0 Å². The van der Waals surface area contributed by atoms with Crippen molar-refractivity contribution in [1.29, 1.82) is 0 Å². The van der Waals surface area contributed by atoms with Gasteiger partial charge in [0.15, 0.2) is 11.6 Å². The lowest BCUT2D eigenvalue weighted by molar-refractivity contribution is -0.148. The molecule has 0 nitrogen and oxygen atoms in total. The van der Waals surface area contributed by atoms with Crippen molar-refractivity contribution in [3.8, 4) is 0 Å². The van der Waals surface area contributed by atoms with Crippen LogP contribution in [0.1, 0.15) is 18.1 Å². The van der Waals surface area contributed by atoms with Gasteiger partial charge in [0, 0.05) is 16.7 Å². The Balaban J connectivity index is 2.33. The predicted molar refractivity (Wildman–Crippen MR) is 80.2 cm³/mol. The van der Waals surface area contributed by atoms with Gasteiger partial charge in [-0.2, -0.15) is 17.6 Å². The third kappa shape index (κ3) is 2.28. The molecule has 0 N–H and O–H groups in total. The Bertz CT molecular complexity index is 952. The Kier molecular flexibility index (Phi) is 3.74. The normalized spacial score (nSPS) is 18.9. The topological polar surface area (TPSA) is 0 Å². The number of allylic oxidation sites excluding steroid dienone is 4. The number of fused-ring (bicyclic) bond motifs is 1. The van der Waals surface area contributed by atoms with E-state index in [4.69, 9.17) is 0 Å². The first kappa shape index (κ1) is 17.5. The lowest BCUT2D eigenvalue weighted by Crippen LogP contribution is -2.44. The van der Waals surface area contributed by atoms with E-state index in [-0.39, 0.29) is 10.9 Å². The van der Waals surface area contributed by atoms with Crippen LogP contribution >= 0.6 is 0 Å². The monoisotopic (exact) mass is 360 g/mol. The quantitative estimate of drug-likeness (QED) is 0.533. The molecule has 25 heavy (non-hydrogen) atoms. The van der Waals surface area contributed by atoms with E-state index >= 15 is 0 Å². The van der Waals surface area contributed by atoms with Crippen LogP contribution in [0.15, 0.2) is 35.9 Å². The molecule has 0 heterocycles. The van der Waals surface area contributed by atoms with Crippen LogP contribution in [-0.4, -0.2) is 11.8 Å². The molecule has 132 valence electrons. The van der Waals surface area contributed by atoms with Crippen molar-refractivity contribution in [3.05, 3.63) is 64.5 Å². The van der Waals surface area contributed by atoms with E-state index in [1.807, 2.05) is 0 Å². The summed E-state index contributed by atoms with van der Waals surface area (Å²) in [5, 5.41) is -0.914. The minimum absolute atomic E-state index is 0.0594. The van der Waals surface area contributed by atoms with E-state index in [9.17, 15) is 30.7 Å². The Morgan fingerprint density at radius 2 is 1.40 bits per heavy atom. The van der Waals surface area contributed by atoms with E-state index in [2.05, 4.69) is 0 Å². The van der Waals surface area contributed by atoms with E-state index in [0.29, 0.717) is 6.08 Å². The molecule has 0 amide bonds. The maximum absolute atomic E-state index is 14.7. The fourth-order valence-electron chi connectivity index (χ4n) is 2.82. The highest BCUT2D eigenvalue weighted by Crippen LogP contribution is 2.51. The smallest absolute Gasteiger partial charge is 0.206 e. The molecular weight excluding hydrogens is 349 g/mol. The molecule has 3 rings (SSSR count). The Labute approximate surface area is 138 Å². The molecule has 0 saturated carbocycles. The van der Waals surface area contributed by atoms with E-state index < -0.39 is 51.4 Å². The summed E-state index contributed by atoms with van der Waals surface area (Å²) in [4.78, 5) is 0. The summed E-state index contributed by atoms with van der Waals surface area (Å²) < 4.78 is 98.6. The highest BCUT2D eigenvalue weighted by Gasteiger charge is 2.61. The van der Waals surface area contributed by atoms with Crippen LogP contribution in [0.4, 0.5) is 30.7 Å². The summed E-state index contributed by atoms with van der Waals surface area (Å²) in [5.41, 5.74) is -3.16. The van der Waals surface area contributed by atoms with Crippen molar-refractivity contribution >= 4 is 16.3 Å². The van der Waals surface area contributed by atoms with Gasteiger partial charge < -0.3 is 0 Å². The highest BCUT2D eigenvalue weighted by atomic mass is 19.3. The number of hydrogen-bond acceptors (Lipinski definition) is 0. The molecule has 0 radical (unpaired) electrons. The van der Waals surface area contributed by atoms with Gasteiger partial charge in [-0.3, -0.25) is 0 Å². The largest absolute Gasteiger partial charge is 0.340 e. The van der Waals surface area contributed by atoms with Crippen molar-refractivity contribution in [2.45, 2.75) is 25.7 Å². The molecule has 1 aliphatic carbocycles. The fraction of sp³-hybridized carbons (Fsp3) is 0.222. The average molecular weight is 360 g/mol. The molecule has 1 aliphatic rings. The zero-order valence-corrected chi connectivity index (χ0v) is 13.0. The summed E-state index contributed by atoms with van der Waals surface area (Å²) in [6.45, 7) is 2.09. The van der Waals surface area contributed by atoms with Crippen molar-refractivity contribution in [3.63, 3.8) is 0 Å². The maximum atomic E-state index is 14.7. The molecule has 0 bridgehead atoms. The molecular formula is C18H11F7. The minimum atomic E-state index is -4.69. The van der Waals surface area contributed by atoms with Crippen molar-refractivity contribution in [2.24, 2.45) is 0 Å². The lowest BCUT2D eigenvalue weighted by atomic mass is 9.86. The van der Waals surface area contributed by atoms with Gasteiger partial charge in [0.05, 0.1) is 5.39 Å². The highest BCUT2D eigenvalue weighted by molar-refractivity contribution is 5.90. The second-order valence-corrected chi connectivity index (χ2v) is 5.93. The first-order valence-corrected chi connectivity index (χ1v) is 7.22. The van der Waals surface area contributed by atoms with Gasteiger partial charge in [-0.15, -0.1) is 0 Å². The van der Waals surface area contributed by atoms with Crippen LogP contribution in [0.3, 0.4) is 0 Å². The Morgan fingerprint density at radius 3 is 2.04 bits per heavy atom. The van der Waals surface area contributed by atoms with Gasteiger partial charge >= 0.3 is 11.8 Å². The number of benzene rings is 2. The first-order chi connectivity index (χ1) is 11.5. The van der Waals surface area contributed by atoms with Crippen LogP contribution < -0.4 is 0 Å². The van der Waals surface area contributed by atoms with Crippen molar-refractivity contribution < 1.29 is 30.7 Å². The first-order valence-electron chi connectivity index (χ1n) is 7.22. The number of alkyl halides is 4. The summed E-state index contributed by atoms with van der Waals surface area (Å²) in [6.07, 6.45) is 1.42. The zero-order valence-electron chi connectivity index (χ0n) is 13.0. The number of aryl methyl sites for hydroxylation is 1. The molecule has 2 aromatic rings. The van der Waals surface area contributed by atoms with Gasteiger partial charge in [-0.25, -0.2) is 13.2 Å². The molecule has 0 unspecified atom stereocenters. The van der Waals surface area contributed by atoms with Gasteiger partial charge in [0.1, 0.15) is 5.82 Å². The third-order valence-corrected chi connectivity index (χ3v) is 4.32. The van der Waals surface area contributed by atoms with Crippen LogP contribution in [0.5, 0.6) is 0 Å². The van der Waals surface area contributed by atoms with Crippen molar-refractivity contribution in [1.82, 2.24) is 0 Å². The third-order valence-electron chi connectivity index (χ3n) is 4.32. The molecule has 0 saturated heterocycles. The summed E-state index contributed by atoms with van der Waals surface area (Å²) in [5.74, 6) is -13.6. The van der Waals surface area contributed by atoms with E-state index in [1.165, 1.54) is 6.92 Å². The molecule has 0 atom stereocenters. The van der Waals surface area contributed by atoms with Crippen LogP contribution in [0, 0.1) is 24.4 Å². The summed E-state index contributed by atoms with van der Waals surface area (Å²) in [7, 11) is 0. The van der Waals surface area contributed by atoms with E-state index in [0.717, 1.165) is 31.2 Å². The van der Waals surface area contributed by atoms with Gasteiger partial charge in [0.2, 0.25) is 0 Å². The molecule has 0 aromatic heterocycles. The number of halogens is 7. The van der Waals surface area contributed by atoms with Crippen LogP contribution in [-0.2, 0) is 0 Å². The van der Waals surface area contributed by atoms with Gasteiger partial charge in [-0.1, -0.05) is 24.3 Å². The zero-order chi connectivity index (χ0) is 18.7. The molecule has 0 aliphatic heterocycles. The standard InChI is InChI=1S/C18H11F7/c1-8-7-10-4-5-11(15(20)13(10)16(21)14(8)19)12-6-3-9(2)17(22,23)18(12,24)25/h3-7H,1-2H3. The molecule has 0 fully saturated rings. The summed E-state index contributed by atoms with van der Waals surface area (Å²) in [6, 6.07) is 3.09. The molecule has 0 spiro atoms.